The number of anilines is 1. The normalized spacial score (nSPS) is 17.0. The summed E-state index contributed by atoms with van der Waals surface area (Å²) in [7, 11) is 4.05. The van der Waals surface area contributed by atoms with E-state index in [-0.39, 0.29) is 29.0 Å². The van der Waals surface area contributed by atoms with Crippen molar-refractivity contribution >= 4 is 58.2 Å². The van der Waals surface area contributed by atoms with Crippen LogP contribution in [0.5, 0.6) is 11.5 Å². The molecule has 0 radical (unpaired) electrons. The monoisotopic (exact) mass is 648 g/mol. The average Bonchev–Trinajstić information content (AvgIpc) is 3.31. The number of halogens is 2. The molecule has 3 aromatic rings. The maximum atomic E-state index is 13.2. The molecule has 0 bridgehead atoms. The Kier molecular flexibility index (Phi) is 7.09. The summed E-state index contributed by atoms with van der Waals surface area (Å²) in [4.78, 5) is 57.5. The predicted octanol–water partition coefficient (Wildman–Crippen LogP) is 3.71. The number of benzene rings is 3. The number of carbonyl (C=O) groups excluding carboxylic acids is 3. The van der Waals surface area contributed by atoms with Crippen molar-refractivity contribution in [3.05, 3.63) is 84.3 Å². The number of nitrogens with zero attached hydrogens (tertiary/aromatic N) is 3. The molecule has 45 heavy (non-hydrogen) atoms. The first kappa shape index (κ1) is 29.3. The van der Waals surface area contributed by atoms with Gasteiger partial charge in [0.1, 0.15) is 25.1 Å². The highest BCUT2D eigenvalue weighted by Crippen LogP contribution is 2.45. The molecule has 0 saturated carbocycles. The van der Waals surface area contributed by atoms with Gasteiger partial charge in [0.15, 0.2) is 0 Å². The number of rotatable bonds is 4. The second-order valence-electron chi connectivity index (χ2n) is 11.7. The molecule has 0 atom stereocenters. The fraction of sp³-hybridized carbons (Fsp3) is 0.303. The van der Waals surface area contributed by atoms with Gasteiger partial charge in [0.2, 0.25) is 5.36 Å². The fourth-order valence-corrected chi connectivity index (χ4v) is 7.30. The van der Waals surface area contributed by atoms with Gasteiger partial charge in [-0.05, 0) is 43.0 Å². The summed E-state index contributed by atoms with van der Waals surface area (Å²) >= 11 is 13.6. The molecule has 230 valence electrons. The Bertz CT molecular complexity index is 2010. The van der Waals surface area contributed by atoms with E-state index in [0.29, 0.717) is 32.9 Å². The number of aromatic carboxylic acids is 1. The first-order chi connectivity index (χ1) is 21.5. The lowest BCUT2D eigenvalue weighted by Crippen LogP contribution is -2.36. The van der Waals surface area contributed by atoms with E-state index in [1.807, 2.05) is 38.4 Å². The minimum Gasteiger partial charge on any atom is -0.478 e. The SMILES string of the molecule is CN1CCCc2cc3c(cc21)Oc1cc2c(cc1=C3c1c(Cl)cc(C(=O)ON3C(=O)CCC3=O)c(Cl)c1C(=O)O)CCC[N+]=2C. The third-order valence-corrected chi connectivity index (χ3v) is 9.59. The second-order valence-corrected chi connectivity index (χ2v) is 12.5. The Morgan fingerprint density at radius 1 is 0.956 bits per heavy atom. The van der Waals surface area contributed by atoms with Crippen LogP contribution in [0.3, 0.4) is 0 Å². The van der Waals surface area contributed by atoms with Crippen LogP contribution in [0, 0.1) is 0 Å². The molecule has 7 rings (SSSR count). The first-order valence-electron chi connectivity index (χ1n) is 14.7. The number of imide groups is 1. The summed E-state index contributed by atoms with van der Waals surface area (Å²) in [6.45, 7) is 1.79. The number of ether oxygens (including phenoxy) is 1. The minimum absolute atomic E-state index is 0.0682. The number of amides is 2. The minimum atomic E-state index is -1.42. The van der Waals surface area contributed by atoms with Gasteiger partial charge in [0.05, 0.1) is 27.2 Å². The summed E-state index contributed by atoms with van der Waals surface area (Å²) in [5.41, 5.74) is 3.71. The number of carboxylic acid groups (broad SMARTS) is 1. The number of hydrogen-bond donors (Lipinski definition) is 1. The summed E-state index contributed by atoms with van der Waals surface area (Å²) < 4.78 is 8.71. The molecule has 1 saturated heterocycles. The Morgan fingerprint density at radius 2 is 1.69 bits per heavy atom. The van der Waals surface area contributed by atoms with Crippen molar-refractivity contribution in [2.45, 2.75) is 38.5 Å². The average molecular weight is 650 g/mol. The lowest BCUT2D eigenvalue weighted by atomic mass is 9.86. The molecule has 12 heteroatoms. The number of hydroxylamine groups is 2. The third-order valence-electron chi connectivity index (χ3n) is 8.90. The van der Waals surface area contributed by atoms with Gasteiger partial charge in [-0.3, -0.25) is 9.59 Å². The van der Waals surface area contributed by atoms with Gasteiger partial charge >= 0.3 is 11.9 Å². The Morgan fingerprint density at radius 3 is 2.42 bits per heavy atom. The Balaban J connectivity index is 1.51. The van der Waals surface area contributed by atoms with Crippen LogP contribution in [0.2, 0.25) is 10.0 Å². The molecule has 4 heterocycles. The Hall–Kier alpha value is -4.41. The molecule has 4 aliphatic rings. The molecule has 3 aromatic carbocycles. The number of aryl methyl sites for hydroxylation is 2. The van der Waals surface area contributed by atoms with Crippen LogP contribution in [0.15, 0.2) is 30.3 Å². The molecule has 0 aromatic heterocycles. The van der Waals surface area contributed by atoms with Gasteiger partial charge in [-0.15, -0.1) is 5.06 Å². The lowest BCUT2D eigenvalue weighted by molar-refractivity contribution is -0.172. The molecule has 0 unspecified atom stereocenters. The van der Waals surface area contributed by atoms with Gasteiger partial charge in [-0.25, -0.2) is 14.2 Å². The zero-order valence-electron chi connectivity index (χ0n) is 24.5. The molecular formula is C33H28Cl2N3O7+. The highest BCUT2D eigenvalue weighted by atomic mass is 35.5. The Labute approximate surface area is 267 Å². The number of fused-ring (bicyclic) bond motifs is 4. The van der Waals surface area contributed by atoms with E-state index in [1.165, 1.54) is 6.07 Å². The fourth-order valence-electron chi connectivity index (χ4n) is 6.70. The van der Waals surface area contributed by atoms with E-state index in [9.17, 15) is 24.3 Å². The molecule has 1 fully saturated rings. The van der Waals surface area contributed by atoms with Crippen molar-refractivity contribution < 1.29 is 33.9 Å². The molecular weight excluding hydrogens is 621 g/mol. The topological polar surface area (TPSA) is 116 Å². The maximum absolute atomic E-state index is 13.2. The van der Waals surface area contributed by atoms with E-state index in [1.54, 1.807) is 0 Å². The van der Waals surface area contributed by atoms with Crippen molar-refractivity contribution in [1.82, 2.24) is 9.64 Å². The standard InChI is InChI=1S/C33H27Cl2N3O7/c1-36-9-3-5-16-11-18-24(14-22(16)36)44-25-15-23-17(6-4-10-37(23)2)12-19(25)28(18)29-21(34)13-20(31(35)30(29)32(41)42)33(43)45-38-26(39)7-8-27(38)40/h11-15H,3-10H2,1-2H3/p+1. The number of carbonyl (C=O) groups is 4. The summed E-state index contributed by atoms with van der Waals surface area (Å²) in [6, 6.07) is 9.21. The van der Waals surface area contributed by atoms with Crippen molar-refractivity contribution in [3.63, 3.8) is 0 Å². The van der Waals surface area contributed by atoms with Crippen LogP contribution < -0.4 is 24.8 Å². The predicted molar refractivity (Wildman–Crippen MR) is 166 cm³/mol. The largest absolute Gasteiger partial charge is 0.478 e. The molecule has 4 aliphatic heterocycles. The van der Waals surface area contributed by atoms with E-state index in [0.717, 1.165) is 60.9 Å². The molecule has 1 N–H and O–H groups in total. The van der Waals surface area contributed by atoms with Gasteiger partial charge in [-0.2, -0.15) is 0 Å². The zero-order chi connectivity index (χ0) is 31.7. The maximum Gasteiger partial charge on any atom is 0.365 e. The highest BCUT2D eigenvalue weighted by molar-refractivity contribution is 6.40. The van der Waals surface area contributed by atoms with Gasteiger partial charge in [-0.1, -0.05) is 23.2 Å². The van der Waals surface area contributed by atoms with Crippen molar-refractivity contribution in [1.29, 1.82) is 0 Å². The van der Waals surface area contributed by atoms with Crippen LogP contribution in [0.25, 0.3) is 5.57 Å². The van der Waals surface area contributed by atoms with Crippen LogP contribution >= 0.6 is 23.2 Å². The van der Waals surface area contributed by atoms with Gasteiger partial charge in [0, 0.05) is 72.1 Å². The summed E-state index contributed by atoms with van der Waals surface area (Å²) in [5.74, 6) is -2.87. The molecule has 10 nitrogen and oxygen atoms in total. The van der Waals surface area contributed by atoms with Crippen LogP contribution in [-0.4, -0.2) is 61.1 Å². The van der Waals surface area contributed by atoms with E-state index >= 15 is 0 Å². The smallest absolute Gasteiger partial charge is 0.365 e. The lowest BCUT2D eigenvalue weighted by Gasteiger charge is -2.31. The quantitative estimate of drug-likeness (QED) is 0.263. The van der Waals surface area contributed by atoms with Crippen molar-refractivity contribution in [2.75, 3.05) is 32.1 Å². The molecule has 0 aliphatic carbocycles. The van der Waals surface area contributed by atoms with Crippen LogP contribution in [0.4, 0.5) is 5.69 Å². The van der Waals surface area contributed by atoms with Crippen molar-refractivity contribution in [3.8, 4) is 11.5 Å². The van der Waals surface area contributed by atoms with Crippen LogP contribution in [0.1, 0.15) is 68.7 Å². The third kappa shape index (κ3) is 4.74. The van der Waals surface area contributed by atoms with E-state index in [2.05, 4.69) is 9.48 Å². The first-order valence-corrected chi connectivity index (χ1v) is 15.4. The van der Waals surface area contributed by atoms with E-state index < -0.39 is 34.3 Å². The summed E-state index contributed by atoms with van der Waals surface area (Å²) in [5, 5.41) is 12.1. The molecule has 0 spiro atoms. The number of hydrogen-bond acceptors (Lipinski definition) is 7. The van der Waals surface area contributed by atoms with E-state index in [4.69, 9.17) is 32.8 Å². The van der Waals surface area contributed by atoms with Crippen molar-refractivity contribution in [2.24, 2.45) is 0 Å². The number of carboxylic acids is 1. The van der Waals surface area contributed by atoms with Gasteiger partial charge < -0.3 is 19.6 Å². The summed E-state index contributed by atoms with van der Waals surface area (Å²) in [6.07, 6.45) is 3.39. The zero-order valence-corrected chi connectivity index (χ0v) is 26.0. The molecule has 2 amide bonds. The van der Waals surface area contributed by atoms with Crippen LogP contribution in [-0.2, 0) is 27.3 Å². The second kappa shape index (κ2) is 10.9. The van der Waals surface area contributed by atoms with Gasteiger partial charge in [0.25, 0.3) is 11.8 Å². The highest BCUT2D eigenvalue weighted by Gasteiger charge is 2.36.